The lowest BCUT2D eigenvalue weighted by Gasteiger charge is -2.17. The van der Waals surface area contributed by atoms with Crippen LogP contribution in [0.2, 0.25) is 0 Å². The second kappa shape index (κ2) is 8.38. The van der Waals surface area contributed by atoms with E-state index < -0.39 is 27.7 Å². The third-order valence-electron chi connectivity index (χ3n) is 4.55. The Bertz CT molecular complexity index is 1230. The summed E-state index contributed by atoms with van der Waals surface area (Å²) in [4.78, 5) is 14.9. The van der Waals surface area contributed by atoms with Gasteiger partial charge in [0.05, 0.1) is 21.7 Å². The number of pyridine rings is 1. The molecule has 0 aliphatic heterocycles. The smallest absolute Gasteiger partial charge is 0.416 e. The number of aromatic carboxylic acids is 1. The first-order valence-electron chi connectivity index (χ1n) is 9.03. The summed E-state index contributed by atoms with van der Waals surface area (Å²) in [5.41, 5.74) is -0.666. The lowest BCUT2D eigenvalue weighted by molar-refractivity contribution is -0.137. The maximum atomic E-state index is 13.3. The molecule has 0 atom stereocenters. The van der Waals surface area contributed by atoms with E-state index in [1.807, 2.05) is 0 Å². The SMILES string of the molecule is CCc1ccc(C(=O)O)cc1S(=O)(=O)Nc1cc(C(F)(F)F)ccc1-c1cccnc1. The summed E-state index contributed by atoms with van der Waals surface area (Å²) in [7, 11) is -4.41. The number of halogens is 3. The molecule has 0 unspecified atom stereocenters. The number of alkyl halides is 3. The van der Waals surface area contributed by atoms with E-state index in [-0.39, 0.29) is 28.1 Å². The maximum Gasteiger partial charge on any atom is 0.416 e. The summed E-state index contributed by atoms with van der Waals surface area (Å²) in [6.45, 7) is 1.68. The van der Waals surface area contributed by atoms with Gasteiger partial charge in [-0.25, -0.2) is 13.2 Å². The topological polar surface area (TPSA) is 96.4 Å². The summed E-state index contributed by atoms with van der Waals surface area (Å²) >= 11 is 0. The second-order valence-corrected chi connectivity index (χ2v) is 8.24. The summed E-state index contributed by atoms with van der Waals surface area (Å²) in [6, 6.07) is 9.48. The molecule has 10 heteroatoms. The van der Waals surface area contributed by atoms with Gasteiger partial charge in [-0.05, 0) is 42.3 Å². The quantitative estimate of drug-likeness (QED) is 0.561. The molecule has 0 aliphatic carbocycles. The summed E-state index contributed by atoms with van der Waals surface area (Å²) in [6.07, 6.45) is -1.55. The van der Waals surface area contributed by atoms with Crippen LogP contribution >= 0.6 is 0 Å². The minimum absolute atomic E-state index is 0.192. The predicted octanol–water partition coefficient (Wildman–Crippen LogP) is 4.83. The zero-order valence-electron chi connectivity index (χ0n) is 16.1. The third-order valence-corrected chi connectivity index (χ3v) is 6.00. The number of carboxylic acid groups (broad SMARTS) is 1. The molecular formula is C21H17F3N2O4S. The van der Waals surface area contributed by atoms with E-state index in [4.69, 9.17) is 0 Å². The highest BCUT2D eigenvalue weighted by atomic mass is 32.2. The molecule has 0 fully saturated rings. The number of carbonyl (C=O) groups is 1. The molecule has 3 rings (SSSR count). The van der Waals surface area contributed by atoms with Crippen LogP contribution in [0.1, 0.15) is 28.4 Å². The molecule has 162 valence electrons. The van der Waals surface area contributed by atoms with Crippen LogP contribution in [-0.4, -0.2) is 24.5 Å². The number of aromatic nitrogens is 1. The van der Waals surface area contributed by atoms with E-state index in [2.05, 4.69) is 9.71 Å². The molecule has 31 heavy (non-hydrogen) atoms. The number of carboxylic acids is 1. The van der Waals surface area contributed by atoms with E-state index in [0.29, 0.717) is 17.2 Å². The average Bonchev–Trinajstić information content (AvgIpc) is 2.73. The fourth-order valence-corrected chi connectivity index (χ4v) is 4.42. The van der Waals surface area contributed by atoms with Crippen molar-refractivity contribution in [1.82, 2.24) is 4.98 Å². The van der Waals surface area contributed by atoms with Crippen LogP contribution in [0.3, 0.4) is 0 Å². The van der Waals surface area contributed by atoms with E-state index in [9.17, 15) is 31.5 Å². The fourth-order valence-electron chi connectivity index (χ4n) is 3.01. The first-order valence-corrected chi connectivity index (χ1v) is 10.5. The van der Waals surface area contributed by atoms with E-state index in [1.165, 1.54) is 24.5 Å². The highest BCUT2D eigenvalue weighted by molar-refractivity contribution is 7.92. The number of aryl methyl sites for hydroxylation is 1. The van der Waals surface area contributed by atoms with Crippen molar-refractivity contribution in [2.45, 2.75) is 24.4 Å². The van der Waals surface area contributed by atoms with Gasteiger partial charge >= 0.3 is 12.1 Å². The van der Waals surface area contributed by atoms with Crippen molar-refractivity contribution in [3.05, 3.63) is 77.6 Å². The predicted molar refractivity (Wildman–Crippen MR) is 108 cm³/mol. The minimum atomic E-state index is -4.69. The number of benzene rings is 2. The Morgan fingerprint density at radius 3 is 2.45 bits per heavy atom. The number of nitrogens with zero attached hydrogens (tertiary/aromatic N) is 1. The number of rotatable bonds is 6. The molecule has 3 aromatic rings. The zero-order chi connectivity index (χ0) is 22.8. The Hall–Kier alpha value is -3.40. The van der Waals surface area contributed by atoms with Gasteiger partial charge in [-0.3, -0.25) is 9.71 Å². The lowest BCUT2D eigenvalue weighted by Crippen LogP contribution is -2.17. The molecule has 0 saturated carbocycles. The second-order valence-electron chi connectivity index (χ2n) is 6.59. The largest absolute Gasteiger partial charge is 0.478 e. The molecular weight excluding hydrogens is 433 g/mol. The molecule has 0 radical (unpaired) electrons. The number of sulfonamides is 1. The molecule has 2 aromatic carbocycles. The first kappa shape index (κ1) is 22.3. The fraction of sp³-hybridized carbons (Fsp3) is 0.143. The van der Waals surface area contributed by atoms with Crippen molar-refractivity contribution in [3.63, 3.8) is 0 Å². The molecule has 0 aliphatic rings. The first-order chi connectivity index (χ1) is 14.5. The standard InChI is InChI=1S/C21H17F3N2O4S/c1-2-13-5-6-14(20(27)28)10-19(13)31(29,30)26-18-11-16(21(22,23)24)7-8-17(18)15-4-3-9-25-12-15/h3-12,26H,2H2,1H3,(H,27,28). The summed E-state index contributed by atoms with van der Waals surface area (Å²) in [5, 5.41) is 9.20. The van der Waals surface area contributed by atoms with Crippen molar-refractivity contribution >= 4 is 21.7 Å². The Morgan fingerprint density at radius 2 is 1.87 bits per heavy atom. The normalized spacial score (nSPS) is 11.9. The van der Waals surface area contributed by atoms with Crippen LogP contribution in [0, 0.1) is 0 Å². The van der Waals surface area contributed by atoms with Crippen molar-refractivity contribution in [2.75, 3.05) is 4.72 Å². The molecule has 0 amide bonds. The highest BCUT2D eigenvalue weighted by Crippen LogP contribution is 2.37. The molecule has 6 nitrogen and oxygen atoms in total. The van der Waals surface area contributed by atoms with Crippen LogP contribution in [-0.2, 0) is 22.6 Å². The number of nitrogens with one attached hydrogen (secondary N) is 1. The van der Waals surface area contributed by atoms with Gasteiger partial charge in [0.25, 0.3) is 10.0 Å². The van der Waals surface area contributed by atoms with Gasteiger partial charge in [-0.2, -0.15) is 13.2 Å². The van der Waals surface area contributed by atoms with Crippen LogP contribution < -0.4 is 4.72 Å². The summed E-state index contributed by atoms with van der Waals surface area (Å²) < 4.78 is 68.2. The zero-order valence-corrected chi connectivity index (χ0v) is 17.0. The average molecular weight is 450 g/mol. The van der Waals surface area contributed by atoms with Crippen molar-refractivity contribution < 1.29 is 31.5 Å². The Balaban J connectivity index is 2.17. The molecule has 0 spiro atoms. The van der Waals surface area contributed by atoms with Crippen LogP contribution in [0.4, 0.5) is 18.9 Å². The van der Waals surface area contributed by atoms with Gasteiger partial charge in [0.1, 0.15) is 0 Å². The third kappa shape index (κ3) is 4.85. The number of hydrogen-bond acceptors (Lipinski definition) is 4. The van der Waals surface area contributed by atoms with Gasteiger partial charge < -0.3 is 5.11 Å². The number of hydrogen-bond donors (Lipinski definition) is 2. The summed E-state index contributed by atoms with van der Waals surface area (Å²) in [5.74, 6) is -1.32. The van der Waals surface area contributed by atoms with Gasteiger partial charge in [0, 0.05) is 23.5 Å². The van der Waals surface area contributed by atoms with Gasteiger partial charge in [-0.1, -0.05) is 25.1 Å². The monoisotopic (exact) mass is 450 g/mol. The minimum Gasteiger partial charge on any atom is -0.478 e. The Kier molecular flexibility index (Phi) is 6.03. The molecule has 0 saturated heterocycles. The van der Waals surface area contributed by atoms with Gasteiger partial charge in [-0.15, -0.1) is 0 Å². The maximum absolute atomic E-state index is 13.3. The number of anilines is 1. The van der Waals surface area contributed by atoms with E-state index in [0.717, 1.165) is 18.2 Å². The molecule has 2 N–H and O–H groups in total. The van der Waals surface area contributed by atoms with Crippen molar-refractivity contribution in [2.24, 2.45) is 0 Å². The van der Waals surface area contributed by atoms with E-state index >= 15 is 0 Å². The van der Waals surface area contributed by atoms with Crippen LogP contribution in [0.5, 0.6) is 0 Å². The Morgan fingerprint density at radius 1 is 1.13 bits per heavy atom. The lowest BCUT2D eigenvalue weighted by atomic mass is 10.0. The van der Waals surface area contributed by atoms with E-state index in [1.54, 1.807) is 19.1 Å². The van der Waals surface area contributed by atoms with Gasteiger partial charge in [0.2, 0.25) is 0 Å². The highest BCUT2D eigenvalue weighted by Gasteiger charge is 2.32. The molecule has 0 bridgehead atoms. The van der Waals surface area contributed by atoms with Gasteiger partial charge in [0.15, 0.2) is 0 Å². The van der Waals surface area contributed by atoms with Crippen molar-refractivity contribution in [3.8, 4) is 11.1 Å². The van der Waals surface area contributed by atoms with Crippen molar-refractivity contribution in [1.29, 1.82) is 0 Å². The Labute approximate surface area is 176 Å². The van der Waals surface area contributed by atoms with Crippen LogP contribution in [0.15, 0.2) is 65.8 Å². The molecule has 1 aromatic heterocycles. The molecule has 1 heterocycles. The van der Waals surface area contributed by atoms with Crippen LogP contribution in [0.25, 0.3) is 11.1 Å².